The fourth-order valence-electron chi connectivity index (χ4n) is 4.37. The van der Waals surface area contributed by atoms with E-state index >= 15 is 0 Å². The summed E-state index contributed by atoms with van der Waals surface area (Å²) in [6.07, 6.45) is 16.4. The van der Waals surface area contributed by atoms with Gasteiger partial charge in [-0.15, -0.1) is 0 Å². The molecule has 1 fully saturated rings. The van der Waals surface area contributed by atoms with Gasteiger partial charge in [0.15, 0.2) is 0 Å². The lowest BCUT2D eigenvalue weighted by atomic mass is 9.70. The lowest BCUT2D eigenvalue weighted by molar-refractivity contribution is -0.175. The quantitative estimate of drug-likeness (QED) is 0.105. The van der Waals surface area contributed by atoms with Crippen molar-refractivity contribution in [1.82, 2.24) is 0 Å². The molecule has 1 unspecified atom stereocenters. The normalized spacial score (nSPS) is 17.7. The standard InChI is InChI=1S/C25H48O4/c1-7-10-12-14-16-17-20-24(19-9-3,22(26)27-23(4,5)6)25(28-29-25)21-18-15-13-11-8-2/h7-21H2,1-6H3. The molecular weight excluding hydrogens is 364 g/mol. The fraction of sp³-hybridized carbons (Fsp3) is 0.960. The minimum Gasteiger partial charge on any atom is -0.459 e. The van der Waals surface area contributed by atoms with E-state index < -0.39 is 16.8 Å². The van der Waals surface area contributed by atoms with Crippen LogP contribution in [0.4, 0.5) is 0 Å². The van der Waals surface area contributed by atoms with Gasteiger partial charge in [0.25, 0.3) is 0 Å². The van der Waals surface area contributed by atoms with E-state index in [1.54, 1.807) is 0 Å². The number of unbranched alkanes of at least 4 members (excludes halogenated alkanes) is 9. The largest absolute Gasteiger partial charge is 0.459 e. The molecule has 0 amide bonds. The maximum atomic E-state index is 13.5. The van der Waals surface area contributed by atoms with Crippen molar-refractivity contribution in [3.63, 3.8) is 0 Å². The van der Waals surface area contributed by atoms with Crippen molar-refractivity contribution >= 4 is 5.97 Å². The molecule has 0 spiro atoms. The Morgan fingerprint density at radius 1 is 0.724 bits per heavy atom. The first-order valence-corrected chi connectivity index (χ1v) is 12.4. The highest BCUT2D eigenvalue weighted by Gasteiger charge is 2.68. The average molecular weight is 413 g/mol. The van der Waals surface area contributed by atoms with Crippen LogP contribution in [0.3, 0.4) is 0 Å². The predicted molar refractivity (Wildman–Crippen MR) is 119 cm³/mol. The average Bonchev–Trinajstić information content (AvgIpc) is 3.43. The highest BCUT2D eigenvalue weighted by atomic mass is 17.4. The molecule has 0 bridgehead atoms. The van der Waals surface area contributed by atoms with Gasteiger partial charge in [-0.3, -0.25) is 4.79 Å². The molecule has 0 N–H and O–H groups in total. The second-order valence-corrected chi connectivity index (χ2v) is 9.94. The van der Waals surface area contributed by atoms with Crippen molar-refractivity contribution in [3.05, 3.63) is 0 Å². The molecule has 0 aromatic carbocycles. The third kappa shape index (κ3) is 8.57. The molecular formula is C25H48O4. The Labute approximate surface area is 180 Å². The van der Waals surface area contributed by atoms with Crippen LogP contribution < -0.4 is 0 Å². The molecule has 0 saturated carbocycles. The highest BCUT2D eigenvalue weighted by molar-refractivity contribution is 5.79. The van der Waals surface area contributed by atoms with Crippen molar-refractivity contribution in [1.29, 1.82) is 0 Å². The second kappa shape index (κ2) is 12.9. The smallest absolute Gasteiger partial charge is 0.318 e. The zero-order chi connectivity index (χ0) is 21.8. The first-order chi connectivity index (χ1) is 13.8. The zero-order valence-electron chi connectivity index (χ0n) is 20.2. The zero-order valence-corrected chi connectivity index (χ0v) is 20.2. The molecule has 0 radical (unpaired) electrons. The maximum absolute atomic E-state index is 13.5. The third-order valence-corrected chi connectivity index (χ3v) is 6.05. The Balaban J connectivity index is 2.87. The van der Waals surface area contributed by atoms with E-state index in [1.807, 2.05) is 20.8 Å². The molecule has 4 nitrogen and oxygen atoms in total. The first-order valence-electron chi connectivity index (χ1n) is 12.4. The lowest BCUT2D eigenvalue weighted by Gasteiger charge is -2.36. The SMILES string of the molecule is CCCCCCCCC(CCC)(C(=O)OC(C)(C)C)C1(CCCCCCC)OO1. The van der Waals surface area contributed by atoms with Crippen LogP contribution in [-0.4, -0.2) is 17.4 Å². The number of hydrogen-bond donors (Lipinski definition) is 0. The molecule has 0 aromatic rings. The van der Waals surface area contributed by atoms with Gasteiger partial charge >= 0.3 is 5.97 Å². The highest BCUT2D eigenvalue weighted by Crippen LogP contribution is 2.56. The van der Waals surface area contributed by atoms with Gasteiger partial charge in [-0.25, -0.2) is 0 Å². The number of carbonyl (C=O) groups is 1. The number of ether oxygens (including phenoxy) is 1. The minimum absolute atomic E-state index is 0.133. The summed E-state index contributed by atoms with van der Waals surface area (Å²) in [4.78, 5) is 24.8. The monoisotopic (exact) mass is 412 g/mol. The van der Waals surface area contributed by atoms with Crippen LogP contribution in [0.2, 0.25) is 0 Å². The van der Waals surface area contributed by atoms with E-state index in [0.717, 1.165) is 51.4 Å². The van der Waals surface area contributed by atoms with Crippen molar-refractivity contribution in [2.45, 2.75) is 149 Å². The van der Waals surface area contributed by atoms with Crippen molar-refractivity contribution < 1.29 is 19.3 Å². The van der Waals surface area contributed by atoms with E-state index in [1.165, 1.54) is 44.9 Å². The predicted octanol–water partition coefficient (Wildman–Crippen LogP) is 7.88. The van der Waals surface area contributed by atoms with Gasteiger partial charge in [0.2, 0.25) is 5.79 Å². The summed E-state index contributed by atoms with van der Waals surface area (Å²) in [5.74, 6) is -0.910. The molecule has 0 aliphatic carbocycles. The number of hydrogen-bond acceptors (Lipinski definition) is 4. The van der Waals surface area contributed by atoms with Crippen LogP contribution in [0, 0.1) is 5.41 Å². The van der Waals surface area contributed by atoms with E-state index in [4.69, 9.17) is 14.5 Å². The Morgan fingerprint density at radius 3 is 1.72 bits per heavy atom. The Bertz CT molecular complexity index is 450. The summed E-state index contributed by atoms with van der Waals surface area (Å²) in [5, 5.41) is 0. The maximum Gasteiger partial charge on any atom is 0.318 e. The molecule has 1 saturated heterocycles. The van der Waals surface area contributed by atoms with Crippen LogP contribution in [-0.2, 0) is 19.3 Å². The van der Waals surface area contributed by atoms with Gasteiger partial charge in [-0.2, -0.15) is 9.78 Å². The minimum atomic E-state index is -0.777. The van der Waals surface area contributed by atoms with E-state index in [2.05, 4.69) is 20.8 Å². The second-order valence-electron chi connectivity index (χ2n) is 9.94. The van der Waals surface area contributed by atoms with Gasteiger partial charge in [0.05, 0.1) is 0 Å². The van der Waals surface area contributed by atoms with Crippen LogP contribution >= 0.6 is 0 Å². The van der Waals surface area contributed by atoms with Gasteiger partial charge in [0, 0.05) is 6.42 Å². The summed E-state index contributed by atoms with van der Waals surface area (Å²) < 4.78 is 5.92. The summed E-state index contributed by atoms with van der Waals surface area (Å²) in [6, 6.07) is 0. The van der Waals surface area contributed by atoms with Crippen LogP contribution in [0.15, 0.2) is 0 Å². The van der Waals surface area contributed by atoms with Gasteiger partial charge in [0.1, 0.15) is 11.0 Å². The Hall–Kier alpha value is -0.610. The molecule has 1 rings (SSSR count). The van der Waals surface area contributed by atoms with Gasteiger partial charge in [-0.05, 0) is 40.0 Å². The van der Waals surface area contributed by atoms with Crippen LogP contribution in [0.25, 0.3) is 0 Å². The summed E-state index contributed by atoms with van der Waals surface area (Å²) in [5.41, 5.74) is -1.20. The summed E-state index contributed by atoms with van der Waals surface area (Å²) in [7, 11) is 0. The van der Waals surface area contributed by atoms with Crippen molar-refractivity contribution in [2.75, 3.05) is 0 Å². The number of rotatable bonds is 17. The summed E-state index contributed by atoms with van der Waals surface area (Å²) >= 11 is 0. The van der Waals surface area contributed by atoms with Crippen molar-refractivity contribution in [2.24, 2.45) is 5.41 Å². The summed E-state index contributed by atoms with van der Waals surface area (Å²) in [6.45, 7) is 12.4. The van der Waals surface area contributed by atoms with E-state index in [-0.39, 0.29) is 5.97 Å². The first kappa shape index (κ1) is 26.4. The van der Waals surface area contributed by atoms with Gasteiger partial charge in [-0.1, -0.05) is 91.4 Å². The molecule has 29 heavy (non-hydrogen) atoms. The molecule has 1 atom stereocenters. The molecule has 0 aromatic heterocycles. The number of esters is 1. The lowest BCUT2D eigenvalue weighted by Crippen LogP contribution is -2.48. The number of carbonyl (C=O) groups excluding carboxylic acids is 1. The third-order valence-electron chi connectivity index (χ3n) is 6.05. The molecule has 1 aliphatic rings. The topological polar surface area (TPSA) is 51.4 Å². The fourth-order valence-corrected chi connectivity index (χ4v) is 4.37. The Kier molecular flexibility index (Phi) is 11.8. The van der Waals surface area contributed by atoms with Crippen LogP contribution in [0.1, 0.15) is 138 Å². The molecule has 172 valence electrons. The van der Waals surface area contributed by atoms with Crippen molar-refractivity contribution in [3.8, 4) is 0 Å². The van der Waals surface area contributed by atoms with Gasteiger partial charge < -0.3 is 4.74 Å². The molecule has 1 heterocycles. The van der Waals surface area contributed by atoms with E-state index in [9.17, 15) is 4.79 Å². The molecule has 4 heteroatoms. The Morgan fingerprint density at radius 2 is 1.24 bits per heavy atom. The van der Waals surface area contributed by atoms with Crippen LogP contribution in [0.5, 0.6) is 0 Å². The molecule has 1 aliphatic heterocycles. The van der Waals surface area contributed by atoms with E-state index in [0.29, 0.717) is 0 Å².